The van der Waals surface area contributed by atoms with E-state index in [1.54, 1.807) is 48.5 Å². The van der Waals surface area contributed by atoms with Gasteiger partial charge < -0.3 is 21.3 Å². The van der Waals surface area contributed by atoms with E-state index < -0.39 is 0 Å². The number of hydrogen-bond acceptors (Lipinski definition) is 4. The van der Waals surface area contributed by atoms with E-state index in [1.807, 2.05) is 60.7 Å². The van der Waals surface area contributed by atoms with Crippen molar-refractivity contribution in [3.8, 4) is 0 Å². The van der Waals surface area contributed by atoms with Crippen LogP contribution < -0.4 is 21.3 Å². The molecule has 4 aromatic rings. The summed E-state index contributed by atoms with van der Waals surface area (Å²) in [6, 6.07) is 33.1. The second-order valence-electron chi connectivity index (χ2n) is 8.40. The molecule has 0 aliphatic heterocycles. The zero-order valence-corrected chi connectivity index (χ0v) is 20.2. The molecule has 7 heteroatoms. The van der Waals surface area contributed by atoms with Crippen LogP contribution in [0.25, 0.3) is 0 Å². The molecule has 0 aromatic heterocycles. The molecular weight excluding hydrogens is 464 g/mol. The first-order valence-corrected chi connectivity index (χ1v) is 11.9. The lowest BCUT2D eigenvalue weighted by Crippen LogP contribution is -2.24. The Morgan fingerprint density at radius 2 is 1.11 bits per heavy atom. The van der Waals surface area contributed by atoms with E-state index >= 15 is 0 Å². The van der Waals surface area contributed by atoms with Crippen molar-refractivity contribution in [3.05, 3.63) is 131 Å². The second-order valence-corrected chi connectivity index (χ2v) is 8.40. The lowest BCUT2D eigenvalue weighted by atomic mass is 10.1. The van der Waals surface area contributed by atoms with Crippen LogP contribution in [0.15, 0.2) is 109 Å². The number of carbonyl (C=O) groups excluding carboxylic acids is 3. The molecule has 0 aliphatic rings. The van der Waals surface area contributed by atoms with Crippen molar-refractivity contribution in [2.24, 2.45) is 0 Å². The van der Waals surface area contributed by atoms with E-state index in [0.717, 1.165) is 11.1 Å². The molecule has 0 heterocycles. The van der Waals surface area contributed by atoms with Gasteiger partial charge in [-0.2, -0.15) is 0 Å². The normalized spacial score (nSPS) is 10.3. The monoisotopic (exact) mass is 492 g/mol. The molecule has 4 N–H and O–H groups in total. The molecule has 0 radical (unpaired) electrons. The fourth-order valence-electron chi connectivity index (χ4n) is 3.62. The molecule has 0 unspecified atom stereocenters. The third-order valence-electron chi connectivity index (χ3n) is 5.60. The maximum absolute atomic E-state index is 12.5. The molecule has 4 aromatic carbocycles. The van der Waals surface area contributed by atoms with Gasteiger partial charge >= 0.3 is 0 Å². The molecular formula is C30H28N4O3. The van der Waals surface area contributed by atoms with Crippen molar-refractivity contribution >= 4 is 29.1 Å². The van der Waals surface area contributed by atoms with E-state index in [0.29, 0.717) is 35.6 Å². The van der Waals surface area contributed by atoms with Crippen LogP contribution in [-0.4, -0.2) is 24.3 Å². The van der Waals surface area contributed by atoms with Crippen LogP contribution in [0.5, 0.6) is 0 Å². The largest absolute Gasteiger partial charge is 0.376 e. The van der Waals surface area contributed by atoms with Crippen molar-refractivity contribution in [2.75, 3.05) is 17.2 Å². The first kappa shape index (κ1) is 25.2. The van der Waals surface area contributed by atoms with Gasteiger partial charge in [0, 0.05) is 35.6 Å². The molecule has 3 amide bonds. The molecule has 37 heavy (non-hydrogen) atoms. The average Bonchev–Trinajstić information content (AvgIpc) is 2.95. The van der Waals surface area contributed by atoms with Gasteiger partial charge in [0.25, 0.3) is 11.8 Å². The number of rotatable bonds is 10. The molecule has 0 saturated heterocycles. The van der Waals surface area contributed by atoms with Gasteiger partial charge in [0.15, 0.2) is 0 Å². The van der Waals surface area contributed by atoms with Crippen LogP contribution in [0, 0.1) is 0 Å². The number of hydrogen-bond donors (Lipinski definition) is 4. The van der Waals surface area contributed by atoms with Gasteiger partial charge in [-0.15, -0.1) is 0 Å². The van der Waals surface area contributed by atoms with Gasteiger partial charge in [0.2, 0.25) is 5.91 Å². The van der Waals surface area contributed by atoms with Crippen LogP contribution >= 0.6 is 0 Å². The van der Waals surface area contributed by atoms with Crippen molar-refractivity contribution in [3.63, 3.8) is 0 Å². The van der Waals surface area contributed by atoms with E-state index in [-0.39, 0.29) is 24.3 Å². The maximum Gasteiger partial charge on any atom is 0.251 e. The Hall–Kier alpha value is -4.91. The third kappa shape index (κ3) is 7.80. The quantitative estimate of drug-likeness (QED) is 0.260. The van der Waals surface area contributed by atoms with Crippen molar-refractivity contribution in [1.82, 2.24) is 10.6 Å². The zero-order chi connectivity index (χ0) is 25.9. The maximum atomic E-state index is 12.5. The summed E-state index contributed by atoms with van der Waals surface area (Å²) in [4.78, 5) is 37.3. The minimum absolute atomic E-state index is 0.0222. The van der Waals surface area contributed by atoms with Gasteiger partial charge in [-0.05, 0) is 53.6 Å². The highest BCUT2D eigenvalue weighted by Crippen LogP contribution is 2.13. The number of nitrogens with one attached hydrogen (secondary N) is 4. The van der Waals surface area contributed by atoms with E-state index in [2.05, 4.69) is 21.3 Å². The molecule has 0 fully saturated rings. The Morgan fingerprint density at radius 3 is 1.70 bits per heavy atom. The highest BCUT2D eigenvalue weighted by molar-refractivity contribution is 5.97. The average molecular weight is 493 g/mol. The molecule has 4 rings (SSSR count). The van der Waals surface area contributed by atoms with Crippen molar-refractivity contribution in [1.29, 1.82) is 0 Å². The number of anilines is 2. The van der Waals surface area contributed by atoms with Crippen molar-refractivity contribution in [2.45, 2.75) is 13.1 Å². The van der Waals surface area contributed by atoms with Crippen LogP contribution in [0.3, 0.4) is 0 Å². The number of benzene rings is 4. The second kappa shape index (κ2) is 12.7. The van der Waals surface area contributed by atoms with Gasteiger partial charge in [-0.3, -0.25) is 14.4 Å². The molecule has 0 saturated carbocycles. The fraction of sp³-hybridized carbons (Fsp3) is 0.100. The smallest absolute Gasteiger partial charge is 0.251 e. The van der Waals surface area contributed by atoms with E-state index in [9.17, 15) is 14.4 Å². The first-order chi connectivity index (χ1) is 18.1. The summed E-state index contributed by atoms with van der Waals surface area (Å²) in [6.45, 7) is 0.904. The highest BCUT2D eigenvalue weighted by atomic mass is 16.2. The molecule has 186 valence electrons. The van der Waals surface area contributed by atoms with Crippen molar-refractivity contribution < 1.29 is 14.4 Å². The van der Waals surface area contributed by atoms with Gasteiger partial charge in [0.05, 0.1) is 6.54 Å². The molecule has 0 spiro atoms. The predicted molar refractivity (Wildman–Crippen MR) is 145 cm³/mol. The van der Waals surface area contributed by atoms with E-state index in [1.165, 1.54) is 0 Å². The minimum Gasteiger partial charge on any atom is -0.376 e. The standard InChI is InChI=1S/C30H28N4O3/c35-28(34-26-16-14-24(15-17-26)29(36)32-19-22-8-3-1-4-9-22)21-31-27-13-7-12-25(18-27)30(37)33-20-23-10-5-2-6-11-23/h1-18,31H,19-21H2,(H,32,36)(H,33,37)(H,34,35). The summed E-state index contributed by atoms with van der Waals surface area (Å²) < 4.78 is 0. The SMILES string of the molecule is O=C(CNc1cccc(C(=O)NCc2ccccc2)c1)Nc1ccc(C(=O)NCc2ccccc2)cc1. The van der Waals surface area contributed by atoms with Gasteiger partial charge in [-0.1, -0.05) is 66.7 Å². The summed E-state index contributed by atoms with van der Waals surface area (Å²) in [5.41, 5.74) is 4.29. The van der Waals surface area contributed by atoms with Gasteiger partial charge in [-0.25, -0.2) is 0 Å². The van der Waals surface area contributed by atoms with Crippen LogP contribution in [0.2, 0.25) is 0 Å². The zero-order valence-electron chi connectivity index (χ0n) is 20.2. The summed E-state index contributed by atoms with van der Waals surface area (Å²) in [5, 5.41) is 11.6. The Balaban J connectivity index is 1.23. The summed E-state index contributed by atoms with van der Waals surface area (Å²) in [5.74, 6) is -0.624. The molecule has 7 nitrogen and oxygen atoms in total. The Labute approximate surface area is 215 Å². The Morgan fingerprint density at radius 1 is 0.541 bits per heavy atom. The van der Waals surface area contributed by atoms with E-state index in [4.69, 9.17) is 0 Å². The van der Waals surface area contributed by atoms with Gasteiger partial charge in [0.1, 0.15) is 0 Å². The van der Waals surface area contributed by atoms with Crippen LogP contribution in [0.1, 0.15) is 31.8 Å². The van der Waals surface area contributed by atoms with Crippen LogP contribution in [-0.2, 0) is 17.9 Å². The summed E-state index contributed by atoms with van der Waals surface area (Å²) >= 11 is 0. The lowest BCUT2D eigenvalue weighted by molar-refractivity contribution is -0.114. The number of amides is 3. The lowest BCUT2D eigenvalue weighted by Gasteiger charge is -2.10. The Kier molecular flexibility index (Phi) is 8.64. The molecule has 0 bridgehead atoms. The third-order valence-corrected chi connectivity index (χ3v) is 5.60. The Bertz CT molecular complexity index is 1340. The fourth-order valence-corrected chi connectivity index (χ4v) is 3.62. The van der Waals surface area contributed by atoms with Crippen LogP contribution in [0.4, 0.5) is 11.4 Å². The highest BCUT2D eigenvalue weighted by Gasteiger charge is 2.09. The predicted octanol–water partition coefficient (Wildman–Crippen LogP) is 4.60. The minimum atomic E-state index is -0.250. The summed E-state index contributed by atoms with van der Waals surface area (Å²) in [6.07, 6.45) is 0. The molecule has 0 aliphatic carbocycles. The summed E-state index contributed by atoms with van der Waals surface area (Å²) in [7, 11) is 0. The molecule has 0 atom stereocenters. The first-order valence-electron chi connectivity index (χ1n) is 11.9. The topological polar surface area (TPSA) is 99.3 Å². The number of carbonyl (C=O) groups is 3.